The average molecular weight is 76.2 g/mol. The van der Waals surface area contributed by atoms with Gasteiger partial charge >= 0.3 is 0 Å². The molecule has 0 heterocycles. The fraction of sp³-hybridized carbons (Fsp3) is 0.600. The van der Waals surface area contributed by atoms with Gasteiger partial charge in [-0.2, -0.15) is 0 Å². The van der Waals surface area contributed by atoms with Crippen LogP contribution in [0.4, 0.5) is 0 Å². The summed E-state index contributed by atoms with van der Waals surface area (Å²) < 4.78 is 0. The van der Waals surface area contributed by atoms with E-state index in [4.69, 9.17) is 0 Å². The normalized spacial score (nSPS) is 0.800. The molecule has 0 aliphatic rings. The molecule has 0 heteroatoms. The van der Waals surface area contributed by atoms with Crippen LogP contribution < -0.4 is 0 Å². The first kappa shape index (κ1) is 121. The predicted octanol–water partition coefficient (Wildman–Crippen LogP) is 2.71. The molecule has 0 aromatic heterocycles. The standard InChI is InChI=1S/C2H4.3CH4/c1-2;;;/h1-2H2;3*1H4. The highest BCUT2D eigenvalue weighted by Gasteiger charge is 0.601. The molecule has 0 unspecified atom stereocenters. The van der Waals surface area contributed by atoms with Gasteiger partial charge in [-0.3, -0.25) is 0 Å². The van der Waals surface area contributed by atoms with Gasteiger partial charge in [0.1, 0.15) is 0 Å². The highest BCUT2D eigenvalue weighted by molar-refractivity contribution is 4.22. The minimum Gasteiger partial charge on any atom is -0.106 e. The third kappa shape index (κ3) is 168. The van der Waals surface area contributed by atoms with Gasteiger partial charge in [0.25, 0.3) is 0 Å². The van der Waals surface area contributed by atoms with Gasteiger partial charge in [-0.15, -0.1) is 13.2 Å². The molecule has 0 amide bonds. The van der Waals surface area contributed by atoms with Gasteiger partial charge in [0.05, 0.1) is 0 Å². The van der Waals surface area contributed by atoms with Crippen LogP contribution in [0, 0.1) is 0 Å². The van der Waals surface area contributed by atoms with E-state index in [0.29, 0.717) is 0 Å². The molecule has 0 N–H and O–H groups in total. The number of rotatable bonds is 0. The fourth-order valence-electron chi connectivity index (χ4n) is 0. The summed E-state index contributed by atoms with van der Waals surface area (Å²) in [6.07, 6.45) is 0. The van der Waals surface area contributed by atoms with Crippen LogP contribution in [0.5, 0.6) is 0 Å². The predicted molar refractivity (Wildman–Crippen MR) is 31.4 cm³/mol. The van der Waals surface area contributed by atoms with E-state index in [2.05, 4.69) is 13.2 Å². The molecular weight excluding hydrogens is 60.1 g/mol. The summed E-state index contributed by atoms with van der Waals surface area (Å²) >= 11 is 0. The molecule has 0 aliphatic heterocycles. The van der Waals surface area contributed by atoms with E-state index in [0.717, 1.165) is 0 Å². The Morgan fingerprint density at radius 2 is 0.600 bits per heavy atom. The summed E-state index contributed by atoms with van der Waals surface area (Å²) in [6.45, 7) is 6.00. The molecule has 0 fully saturated rings. The van der Waals surface area contributed by atoms with Gasteiger partial charge in [0, 0.05) is 0 Å². The highest BCUT2D eigenvalue weighted by atomic mass is 12.7. The zero-order valence-electron chi connectivity index (χ0n) is 1.41. The molecule has 0 bridgehead atoms. The molecule has 0 saturated heterocycles. The topological polar surface area (TPSA) is 0 Å². The van der Waals surface area contributed by atoms with E-state index < -0.39 is 0 Å². The van der Waals surface area contributed by atoms with Crippen LogP contribution in [0.25, 0.3) is 0 Å². The van der Waals surface area contributed by atoms with Crippen LogP contribution in [0.3, 0.4) is 0 Å². The van der Waals surface area contributed by atoms with E-state index in [1.807, 2.05) is 0 Å². The Bertz CT molecular complexity index is 0. The molecule has 0 saturated carbocycles. The summed E-state index contributed by atoms with van der Waals surface area (Å²) in [5.41, 5.74) is 0. The molecule has 0 atom stereocenters. The summed E-state index contributed by atoms with van der Waals surface area (Å²) in [4.78, 5) is 0. The third-order valence-electron chi connectivity index (χ3n) is 0. The van der Waals surface area contributed by atoms with E-state index in [1.54, 1.807) is 0 Å². The smallest absolute Gasteiger partial charge is 0.0776 e. The van der Waals surface area contributed by atoms with Crippen molar-refractivity contribution in [2.24, 2.45) is 0 Å². The summed E-state index contributed by atoms with van der Waals surface area (Å²) in [5, 5.41) is 0. The minimum atomic E-state index is 0. The van der Waals surface area contributed by atoms with Crippen molar-refractivity contribution >= 4 is 0 Å². The van der Waals surface area contributed by atoms with Crippen molar-refractivity contribution in [3.63, 3.8) is 0 Å². The molecule has 0 radical (unpaired) electrons. The van der Waals surface area contributed by atoms with Crippen LogP contribution in [-0.2, 0) is 0 Å². The molecule has 0 spiro atoms. The fourth-order valence-corrected chi connectivity index (χ4v) is 0. The van der Waals surface area contributed by atoms with Crippen molar-refractivity contribution in [1.29, 1.82) is 0 Å². The van der Waals surface area contributed by atoms with Crippen LogP contribution in [-0.4, -0.2) is 0 Å². The Morgan fingerprint density at radius 1 is 0.600 bits per heavy atom. The first-order chi connectivity index (χ1) is 1.00. The summed E-state index contributed by atoms with van der Waals surface area (Å²) in [5.74, 6) is 0. The zero-order chi connectivity index (χ0) is 2.00. The Kier molecular flexibility index (Phi) is 10100. The van der Waals surface area contributed by atoms with E-state index in [9.17, 15) is 0 Å². The summed E-state index contributed by atoms with van der Waals surface area (Å²) in [6, 6.07) is 0. The van der Waals surface area contributed by atoms with Gasteiger partial charge in [-0.05, 0) is 0 Å². The number of hydrogen-bond donors (Lipinski definition) is 0. The highest BCUT2D eigenvalue weighted by Crippen LogP contribution is 0.862. The second-order valence-electron chi connectivity index (χ2n) is 0. The molecule has 36 valence electrons. The molecule has 0 aliphatic carbocycles. The lowest BCUT2D eigenvalue weighted by Gasteiger charge is -0.813. The lowest BCUT2D eigenvalue weighted by atomic mass is 11.3. The van der Waals surface area contributed by atoms with Crippen molar-refractivity contribution in [3.05, 3.63) is 13.2 Å². The first-order valence-corrected chi connectivity index (χ1v) is 0.500. The van der Waals surface area contributed by atoms with E-state index in [1.165, 1.54) is 0 Å². The first-order valence-electron chi connectivity index (χ1n) is 0.500. The maximum atomic E-state index is 3.00. The Labute approximate surface area is 36.5 Å². The SMILES string of the molecule is C.C.C.C=C. The van der Waals surface area contributed by atoms with Crippen LogP contribution in [0.15, 0.2) is 13.2 Å². The van der Waals surface area contributed by atoms with Crippen LogP contribution >= 0.6 is 0 Å². The van der Waals surface area contributed by atoms with Gasteiger partial charge < -0.3 is 0 Å². The van der Waals surface area contributed by atoms with E-state index in [-0.39, 0.29) is 22.3 Å². The number of hydrogen-bond acceptors (Lipinski definition) is 0. The molecule has 0 nitrogen and oxygen atoms in total. The Morgan fingerprint density at radius 3 is 0.600 bits per heavy atom. The third-order valence-corrected chi connectivity index (χ3v) is 0. The second kappa shape index (κ2) is 415. The Hall–Kier alpha value is -0.260. The van der Waals surface area contributed by atoms with Gasteiger partial charge in [-0.1, -0.05) is 22.3 Å². The lowest BCUT2D eigenvalue weighted by molar-refractivity contribution is 2.50. The molecule has 0 aromatic carbocycles. The van der Waals surface area contributed by atoms with Gasteiger partial charge in [0.2, 0.25) is 0 Å². The van der Waals surface area contributed by atoms with Crippen molar-refractivity contribution < 1.29 is 0 Å². The van der Waals surface area contributed by atoms with Crippen LogP contribution in [0.1, 0.15) is 22.3 Å². The van der Waals surface area contributed by atoms with Crippen molar-refractivity contribution in [2.45, 2.75) is 22.3 Å². The largest absolute Gasteiger partial charge is 0.106 e. The lowest BCUT2D eigenvalue weighted by Crippen LogP contribution is -0.552. The monoisotopic (exact) mass is 76.1 g/mol. The molecule has 0 aromatic rings. The molecular formula is C5H16. The zero-order valence-corrected chi connectivity index (χ0v) is 1.41. The molecule has 5 heavy (non-hydrogen) atoms. The maximum absolute atomic E-state index is 3.00. The van der Waals surface area contributed by atoms with Crippen molar-refractivity contribution in [1.82, 2.24) is 0 Å². The van der Waals surface area contributed by atoms with Gasteiger partial charge in [0.15, 0.2) is 0 Å². The van der Waals surface area contributed by atoms with Crippen molar-refractivity contribution in [3.8, 4) is 0 Å². The summed E-state index contributed by atoms with van der Waals surface area (Å²) in [7, 11) is 0. The molecule has 0 rings (SSSR count). The van der Waals surface area contributed by atoms with Crippen LogP contribution in [0.2, 0.25) is 0 Å². The van der Waals surface area contributed by atoms with Gasteiger partial charge in [-0.25, -0.2) is 0 Å². The Balaban J connectivity index is -0.00000000167. The quantitative estimate of drug-likeness (QED) is 0.389. The van der Waals surface area contributed by atoms with Crippen molar-refractivity contribution in [2.75, 3.05) is 0 Å². The second-order valence-corrected chi connectivity index (χ2v) is 0. The maximum Gasteiger partial charge on any atom is -0.0776 e. The average Bonchev–Trinajstić information content (AvgIpc) is 1.00. The minimum absolute atomic E-state index is 0. The van der Waals surface area contributed by atoms with E-state index >= 15 is 0 Å².